The van der Waals surface area contributed by atoms with Crippen LogP contribution in [0.4, 0.5) is 17.2 Å². The summed E-state index contributed by atoms with van der Waals surface area (Å²) >= 11 is 0. The van der Waals surface area contributed by atoms with Gasteiger partial charge in [0.15, 0.2) is 0 Å². The van der Waals surface area contributed by atoms with Crippen molar-refractivity contribution in [3.8, 4) is 16.9 Å². The van der Waals surface area contributed by atoms with Crippen molar-refractivity contribution in [3.05, 3.63) is 169 Å². The highest BCUT2D eigenvalue weighted by Crippen LogP contribution is 2.52. The van der Waals surface area contributed by atoms with Gasteiger partial charge in [-0.2, -0.15) is 0 Å². The van der Waals surface area contributed by atoms with Crippen molar-refractivity contribution in [2.75, 3.05) is 4.90 Å². The molecule has 0 saturated heterocycles. The zero-order chi connectivity index (χ0) is 35.3. The van der Waals surface area contributed by atoms with Gasteiger partial charge in [0.2, 0.25) is 0 Å². The molecule has 0 bridgehead atoms. The number of rotatable bonds is 3. The van der Waals surface area contributed by atoms with E-state index in [1.54, 1.807) is 12.4 Å². The second kappa shape index (κ2) is 11.0. The van der Waals surface area contributed by atoms with Gasteiger partial charge in [-0.25, -0.2) is 9.97 Å². The lowest BCUT2D eigenvalue weighted by molar-refractivity contribution is 0.631. The molecule has 0 saturated carbocycles. The molecule has 0 fully saturated rings. The molecule has 0 atom stereocenters. The van der Waals surface area contributed by atoms with Crippen LogP contribution in [-0.2, 0) is 5.41 Å². The molecule has 11 rings (SSSR count). The summed E-state index contributed by atoms with van der Waals surface area (Å²) < 4.78 is 2.40. The number of anilines is 3. The normalized spacial score (nSPS) is 13.6. The Balaban J connectivity index is 1.17. The van der Waals surface area contributed by atoms with Gasteiger partial charge in [-0.3, -0.25) is 14.9 Å². The van der Waals surface area contributed by atoms with Crippen LogP contribution in [0.25, 0.3) is 71.6 Å². The van der Waals surface area contributed by atoms with Crippen LogP contribution in [0.5, 0.6) is 0 Å². The number of nitrogens with zero attached hydrogens (tertiary/aromatic N) is 6. The van der Waals surface area contributed by atoms with Crippen LogP contribution < -0.4 is 4.90 Å². The van der Waals surface area contributed by atoms with Gasteiger partial charge in [-0.15, -0.1) is 0 Å². The molecule has 6 nitrogen and oxygen atoms in total. The molecule has 53 heavy (non-hydrogen) atoms. The average molecular weight is 681 g/mol. The van der Waals surface area contributed by atoms with Crippen LogP contribution in [-0.4, -0.2) is 24.5 Å². The number of para-hydroxylation sites is 3. The molecule has 0 spiro atoms. The van der Waals surface area contributed by atoms with Gasteiger partial charge >= 0.3 is 0 Å². The first kappa shape index (κ1) is 29.8. The third-order valence-electron chi connectivity index (χ3n) is 11.1. The third kappa shape index (κ3) is 4.26. The summed E-state index contributed by atoms with van der Waals surface area (Å²) in [7, 11) is 0. The van der Waals surface area contributed by atoms with Crippen LogP contribution in [0.15, 0.2) is 158 Å². The molecule has 10 aromatic rings. The highest BCUT2D eigenvalue weighted by Gasteiger charge is 2.38. The molecule has 6 aromatic carbocycles. The molecule has 4 aromatic heterocycles. The summed E-state index contributed by atoms with van der Waals surface area (Å²) in [6.07, 6.45) is 3.50. The van der Waals surface area contributed by atoms with Crippen molar-refractivity contribution in [2.24, 2.45) is 0 Å². The van der Waals surface area contributed by atoms with E-state index in [0.29, 0.717) is 0 Å². The molecule has 250 valence electrons. The largest absolute Gasteiger partial charge is 0.309 e. The van der Waals surface area contributed by atoms with Gasteiger partial charge in [0.25, 0.3) is 0 Å². The Morgan fingerprint density at radius 3 is 1.81 bits per heavy atom. The molecule has 1 aliphatic heterocycles. The summed E-state index contributed by atoms with van der Waals surface area (Å²) in [4.78, 5) is 22.7. The summed E-state index contributed by atoms with van der Waals surface area (Å²) in [5, 5.41) is 4.36. The van der Waals surface area contributed by atoms with Crippen molar-refractivity contribution in [3.63, 3.8) is 0 Å². The average Bonchev–Trinajstić information content (AvgIpc) is 3.55. The van der Waals surface area contributed by atoms with E-state index in [4.69, 9.17) is 19.9 Å². The molecule has 1 aliphatic rings. The van der Waals surface area contributed by atoms with Gasteiger partial charge in [0.1, 0.15) is 11.3 Å². The number of fused-ring (bicyclic) bond motifs is 11. The summed E-state index contributed by atoms with van der Waals surface area (Å²) in [5.41, 5.74) is 13.1. The highest BCUT2D eigenvalue weighted by atomic mass is 15.2. The van der Waals surface area contributed by atoms with Gasteiger partial charge in [-0.05, 0) is 71.8 Å². The molecular weight excluding hydrogens is 649 g/mol. The summed E-state index contributed by atoms with van der Waals surface area (Å²) in [5.74, 6) is 0.822. The molecule has 0 aliphatic carbocycles. The van der Waals surface area contributed by atoms with Crippen molar-refractivity contribution < 1.29 is 0 Å². The standard InChI is InChI=1S/C47H32N6/c1-47(2)35-16-8-11-19-40(35)53(41-24-20-30(28-36(41)47)52-38-17-9-6-14-31(38)32-15-7-10-18-39(32)52)42-25-22-34-44-43(48-26-27-49-44)33-21-23-37(29-12-4-3-5-13-29)50-45(33)46(34)51-42/h3-28H,1-2H3. The number of pyridine rings is 2. The van der Waals surface area contributed by atoms with Gasteiger partial charge in [-0.1, -0.05) is 98.8 Å². The Morgan fingerprint density at radius 2 is 1.08 bits per heavy atom. The molecule has 5 heterocycles. The first-order valence-electron chi connectivity index (χ1n) is 18.0. The van der Waals surface area contributed by atoms with Crippen LogP contribution in [0.1, 0.15) is 25.0 Å². The van der Waals surface area contributed by atoms with E-state index in [9.17, 15) is 0 Å². The Morgan fingerprint density at radius 1 is 0.472 bits per heavy atom. The van der Waals surface area contributed by atoms with Crippen molar-refractivity contribution >= 4 is 71.8 Å². The Hall–Kier alpha value is -6.92. The molecular formula is C47H32N6. The number of benzene rings is 6. The molecule has 0 unspecified atom stereocenters. The van der Waals surface area contributed by atoms with Crippen LogP contribution >= 0.6 is 0 Å². The van der Waals surface area contributed by atoms with E-state index in [1.165, 1.54) is 32.9 Å². The zero-order valence-corrected chi connectivity index (χ0v) is 29.2. The predicted octanol–water partition coefficient (Wildman–Crippen LogP) is 11.6. The number of aromatic nitrogens is 5. The van der Waals surface area contributed by atoms with Crippen LogP contribution in [0, 0.1) is 0 Å². The maximum atomic E-state index is 5.50. The highest BCUT2D eigenvalue weighted by molar-refractivity contribution is 6.21. The van der Waals surface area contributed by atoms with E-state index in [-0.39, 0.29) is 5.41 Å². The van der Waals surface area contributed by atoms with E-state index in [0.717, 1.165) is 67.0 Å². The predicted molar refractivity (Wildman–Crippen MR) is 217 cm³/mol. The minimum Gasteiger partial charge on any atom is -0.309 e. The van der Waals surface area contributed by atoms with E-state index >= 15 is 0 Å². The first-order chi connectivity index (χ1) is 26.1. The minimum atomic E-state index is -0.279. The molecule has 0 radical (unpaired) electrons. The van der Waals surface area contributed by atoms with Crippen molar-refractivity contribution in [1.82, 2.24) is 24.5 Å². The van der Waals surface area contributed by atoms with Gasteiger partial charge < -0.3 is 4.57 Å². The lowest BCUT2D eigenvalue weighted by Gasteiger charge is -2.41. The van der Waals surface area contributed by atoms with E-state index in [1.807, 2.05) is 18.2 Å². The smallest absolute Gasteiger partial charge is 0.138 e. The fraction of sp³-hybridized carbons (Fsp3) is 0.0638. The van der Waals surface area contributed by atoms with Crippen LogP contribution in [0.3, 0.4) is 0 Å². The second-order valence-corrected chi connectivity index (χ2v) is 14.3. The maximum absolute atomic E-state index is 5.50. The van der Waals surface area contributed by atoms with Gasteiger partial charge in [0.05, 0.1) is 44.7 Å². The number of hydrogen-bond donors (Lipinski definition) is 0. The summed E-state index contributed by atoms with van der Waals surface area (Å²) in [6, 6.07) is 51.7. The van der Waals surface area contributed by atoms with Gasteiger partial charge in [0, 0.05) is 50.6 Å². The van der Waals surface area contributed by atoms with Crippen LogP contribution in [0.2, 0.25) is 0 Å². The zero-order valence-electron chi connectivity index (χ0n) is 29.2. The maximum Gasteiger partial charge on any atom is 0.138 e. The monoisotopic (exact) mass is 680 g/mol. The van der Waals surface area contributed by atoms with Crippen molar-refractivity contribution in [1.29, 1.82) is 0 Å². The summed E-state index contributed by atoms with van der Waals surface area (Å²) in [6.45, 7) is 4.66. The topological polar surface area (TPSA) is 59.7 Å². The molecule has 6 heteroatoms. The SMILES string of the molecule is CC1(C)c2ccccc2N(c2ccc3c4nccnc4c4ccc(-c5ccccc5)nc4c3n2)c2ccc(-n3c4ccccc4c4ccccc43)cc21. The van der Waals surface area contributed by atoms with Crippen molar-refractivity contribution in [2.45, 2.75) is 19.3 Å². The Bertz CT molecular complexity index is 3050. The quantitative estimate of drug-likeness (QED) is 0.174. The van der Waals surface area contributed by atoms with E-state index in [2.05, 4.69) is 151 Å². The lowest BCUT2D eigenvalue weighted by Crippen LogP contribution is -2.31. The fourth-order valence-electron chi connectivity index (χ4n) is 8.56. The second-order valence-electron chi connectivity index (χ2n) is 14.3. The Labute approximate surface area is 305 Å². The first-order valence-corrected chi connectivity index (χ1v) is 18.0. The van der Waals surface area contributed by atoms with E-state index < -0.39 is 0 Å². The molecule has 0 amide bonds. The Kier molecular flexibility index (Phi) is 6.20. The fourth-order valence-corrected chi connectivity index (χ4v) is 8.56. The number of hydrogen-bond acceptors (Lipinski definition) is 5. The minimum absolute atomic E-state index is 0.279. The lowest BCUT2D eigenvalue weighted by atomic mass is 9.73. The third-order valence-corrected chi connectivity index (χ3v) is 11.1. The molecule has 0 N–H and O–H groups in total.